The number of ketones is 1. The van der Waals surface area contributed by atoms with E-state index in [-0.39, 0.29) is 40.4 Å². The topological polar surface area (TPSA) is 86.7 Å². The Morgan fingerprint density at radius 2 is 1.10 bits per heavy atom. The second-order valence-electron chi connectivity index (χ2n) is 20.9. The van der Waals surface area contributed by atoms with Crippen LogP contribution in [0.5, 0.6) is 0 Å². The van der Waals surface area contributed by atoms with Crippen LogP contribution in [0.4, 0.5) is 0 Å². The van der Waals surface area contributed by atoms with Gasteiger partial charge < -0.3 is 9.47 Å². The summed E-state index contributed by atoms with van der Waals surface area (Å²) in [5.41, 5.74) is 1.45. The van der Waals surface area contributed by atoms with Gasteiger partial charge in [0.25, 0.3) is 0 Å². The van der Waals surface area contributed by atoms with E-state index >= 15 is 0 Å². The zero-order valence-corrected chi connectivity index (χ0v) is 41.0. The number of fused-ring (bicyclic) bond motifs is 5. The van der Waals surface area contributed by atoms with Gasteiger partial charge in [-0.2, -0.15) is 0 Å². The number of esters is 2. The Hall–Kier alpha value is -1.50. The molecule has 0 aromatic carbocycles. The summed E-state index contributed by atoms with van der Waals surface area (Å²) in [7, 11) is -1.21. The molecule has 61 heavy (non-hydrogen) atoms. The highest BCUT2D eigenvalue weighted by Gasteiger charge is 2.58. The summed E-state index contributed by atoms with van der Waals surface area (Å²) >= 11 is 0. The van der Waals surface area contributed by atoms with Crippen molar-refractivity contribution >= 4 is 28.5 Å². The van der Waals surface area contributed by atoms with Gasteiger partial charge >= 0.3 is 11.9 Å². The normalized spacial score (nSPS) is 26.8. The highest BCUT2D eigenvalue weighted by atomic mass is 32.2. The molecule has 0 N–H and O–H groups in total. The van der Waals surface area contributed by atoms with Gasteiger partial charge in [-0.15, -0.1) is 0 Å². The van der Waals surface area contributed by atoms with E-state index in [2.05, 4.69) is 33.8 Å². The molecule has 7 heteroatoms. The molecular formula is C54H94O6S. The first kappa shape index (κ1) is 52.1. The lowest BCUT2D eigenvalue weighted by Crippen LogP contribution is -2.50. The number of hydrogen-bond acceptors (Lipinski definition) is 6. The van der Waals surface area contributed by atoms with Crippen LogP contribution in [0.3, 0.4) is 0 Å². The highest BCUT2D eigenvalue weighted by molar-refractivity contribution is 7.85. The molecule has 0 saturated heterocycles. The van der Waals surface area contributed by atoms with E-state index in [0.717, 1.165) is 89.9 Å². The van der Waals surface area contributed by atoms with Crippen LogP contribution in [0, 0.1) is 28.6 Å². The Bertz CT molecular complexity index is 1330. The number of carbonyl (C=O) groups excluding carboxylic acids is 3. The summed E-state index contributed by atoms with van der Waals surface area (Å²) in [4.78, 5) is 39.0. The summed E-state index contributed by atoms with van der Waals surface area (Å²) in [6.07, 6.45) is 42.9. The Kier molecular flexibility index (Phi) is 24.9. The first-order valence-corrected chi connectivity index (χ1v) is 28.0. The minimum atomic E-state index is -1.21. The molecule has 6 nitrogen and oxygen atoms in total. The minimum Gasteiger partial charge on any atom is -0.462 e. The third-order valence-electron chi connectivity index (χ3n) is 16.2. The Morgan fingerprint density at radius 1 is 0.639 bits per heavy atom. The van der Waals surface area contributed by atoms with Crippen molar-refractivity contribution in [2.75, 3.05) is 12.4 Å². The average Bonchev–Trinajstić information content (AvgIpc) is 3.56. The van der Waals surface area contributed by atoms with Crippen molar-refractivity contribution in [1.29, 1.82) is 0 Å². The van der Waals surface area contributed by atoms with Gasteiger partial charge in [-0.25, -0.2) is 0 Å². The first-order chi connectivity index (χ1) is 29.6. The maximum atomic E-state index is 14.1. The van der Waals surface area contributed by atoms with Crippen LogP contribution in [-0.2, 0) is 34.7 Å². The fourth-order valence-electron chi connectivity index (χ4n) is 12.1. The largest absolute Gasteiger partial charge is 0.462 e. The monoisotopic (exact) mass is 871 g/mol. The van der Waals surface area contributed by atoms with Crippen molar-refractivity contribution in [3.05, 3.63) is 11.6 Å². The van der Waals surface area contributed by atoms with E-state index < -0.39 is 16.9 Å². The van der Waals surface area contributed by atoms with E-state index in [1.807, 2.05) is 0 Å². The standard InChI is InChI=1S/C54H94O6S/c1-5-7-9-11-13-15-17-19-21-23-25-27-29-31-51(56)59-42-45(60-52(57)32-30-28-26-24-22-20-18-16-14-12-10-8-6-2)43-61(58)46-37-39-53(3)44(41-46)33-34-47-48-35-36-50(55)54(48,4)40-38-49(47)53/h33,45-49H,5-32,34-43H2,1-4H3/t45?,46-,47-,48-,49-,53-,54-,61?/m0/s1. The van der Waals surface area contributed by atoms with Gasteiger partial charge in [-0.1, -0.05) is 193 Å². The Balaban J connectivity index is 1.18. The quantitative estimate of drug-likeness (QED) is 0.0364. The molecule has 0 bridgehead atoms. The molecule has 0 spiro atoms. The van der Waals surface area contributed by atoms with Gasteiger partial charge in [-0.05, 0) is 81.0 Å². The predicted molar refractivity (Wildman–Crippen MR) is 255 cm³/mol. The van der Waals surface area contributed by atoms with Gasteiger partial charge in [0, 0.05) is 40.7 Å². The zero-order valence-electron chi connectivity index (χ0n) is 40.2. The van der Waals surface area contributed by atoms with Crippen molar-refractivity contribution in [3.8, 4) is 0 Å². The lowest BCUT2D eigenvalue weighted by Gasteiger charge is -2.57. The summed E-state index contributed by atoms with van der Waals surface area (Å²) in [5, 5.41) is 0.0153. The number of ether oxygens (including phenoxy) is 2. The molecule has 0 aromatic heterocycles. The second-order valence-corrected chi connectivity index (χ2v) is 22.6. The van der Waals surface area contributed by atoms with Crippen molar-refractivity contribution in [1.82, 2.24) is 0 Å². The maximum Gasteiger partial charge on any atom is 0.306 e. The number of allylic oxidation sites excluding steroid dienone is 2. The van der Waals surface area contributed by atoms with Crippen molar-refractivity contribution in [2.24, 2.45) is 28.6 Å². The highest BCUT2D eigenvalue weighted by Crippen LogP contribution is 2.64. The third-order valence-corrected chi connectivity index (χ3v) is 18.0. The van der Waals surface area contributed by atoms with E-state index in [9.17, 15) is 18.6 Å². The molecule has 4 aliphatic carbocycles. The fraction of sp³-hybridized carbons (Fsp3) is 0.907. The van der Waals surface area contributed by atoms with Gasteiger partial charge in [0.15, 0.2) is 0 Å². The number of Topliss-reactive ketones (excluding diaryl/α,β-unsaturated/α-hetero) is 1. The molecular weight excluding hydrogens is 777 g/mol. The van der Waals surface area contributed by atoms with Gasteiger partial charge in [0.05, 0.1) is 5.75 Å². The third kappa shape index (κ3) is 17.4. The number of hydrogen-bond donors (Lipinski definition) is 0. The first-order valence-electron chi connectivity index (χ1n) is 26.6. The lowest BCUT2D eigenvalue weighted by atomic mass is 9.48. The summed E-state index contributed by atoms with van der Waals surface area (Å²) in [6, 6.07) is 0. The van der Waals surface area contributed by atoms with Crippen molar-refractivity contribution in [2.45, 2.75) is 270 Å². The Morgan fingerprint density at radius 3 is 1.62 bits per heavy atom. The lowest BCUT2D eigenvalue weighted by molar-refractivity contribution is -0.157. The summed E-state index contributed by atoms with van der Waals surface area (Å²) in [5.74, 6) is 1.88. The summed E-state index contributed by atoms with van der Waals surface area (Å²) < 4.78 is 25.9. The molecule has 352 valence electrons. The molecule has 0 radical (unpaired) electrons. The smallest absolute Gasteiger partial charge is 0.306 e. The predicted octanol–water partition coefficient (Wildman–Crippen LogP) is 15.1. The van der Waals surface area contributed by atoms with Crippen LogP contribution in [0.25, 0.3) is 0 Å². The summed E-state index contributed by atoms with van der Waals surface area (Å²) in [6.45, 7) is 9.22. The minimum absolute atomic E-state index is 0.0108. The number of unbranched alkanes of at least 4 members (excludes halogenated alkanes) is 24. The van der Waals surface area contributed by atoms with E-state index in [1.54, 1.807) is 0 Å². The second kappa shape index (κ2) is 29.1. The van der Waals surface area contributed by atoms with Crippen LogP contribution in [0.15, 0.2) is 11.6 Å². The zero-order chi connectivity index (χ0) is 43.8. The number of rotatable bonds is 34. The Labute approximate surface area is 377 Å². The van der Waals surface area contributed by atoms with Crippen LogP contribution < -0.4 is 0 Å². The van der Waals surface area contributed by atoms with E-state index in [4.69, 9.17) is 9.47 Å². The fourth-order valence-corrected chi connectivity index (χ4v) is 13.7. The maximum absolute atomic E-state index is 14.1. The van der Waals surface area contributed by atoms with Gasteiger partial charge in [-0.3, -0.25) is 18.6 Å². The molecule has 0 amide bonds. The molecule has 4 rings (SSSR count). The van der Waals surface area contributed by atoms with Crippen LogP contribution in [0.2, 0.25) is 0 Å². The molecule has 3 saturated carbocycles. The van der Waals surface area contributed by atoms with Gasteiger partial charge in [0.2, 0.25) is 0 Å². The van der Waals surface area contributed by atoms with E-state index in [0.29, 0.717) is 36.4 Å². The van der Waals surface area contributed by atoms with Crippen LogP contribution in [0.1, 0.15) is 259 Å². The molecule has 8 atom stereocenters. The molecule has 0 heterocycles. The van der Waals surface area contributed by atoms with Gasteiger partial charge in [0.1, 0.15) is 18.5 Å². The molecule has 3 fully saturated rings. The van der Waals surface area contributed by atoms with Crippen LogP contribution >= 0.6 is 0 Å². The molecule has 0 aliphatic heterocycles. The van der Waals surface area contributed by atoms with Crippen molar-refractivity contribution < 1.29 is 28.1 Å². The van der Waals surface area contributed by atoms with Crippen LogP contribution in [-0.4, -0.2) is 45.6 Å². The molecule has 0 aromatic rings. The molecule has 4 aliphatic rings. The number of carbonyl (C=O) groups is 3. The van der Waals surface area contributed by atoms with Crippen molar-refractivity contribution in [3.63, 3.8) is 0 Å². The SMILES string of the molecule is CCCCCCCCCCCCCCCC(=O)OCC(CS(=O)[C@H]1CC[C@@]2(C)C(=CC[C@@H]3[C@@H]2CC[C@]2(C)C(=O)CC[C@@H]32)C1)OC(=O)CCCCCCCCCCCCCCC. The average molecular weight is 871 g/mol. The van der Waals surface area contributed by atoms with E-state index in [1.165, 1.54) is 134 Å². The molecule has 2 unspecified atom stereocenters.